The molecule has 0 radical (unpaired) electrons. The first kappa shape index (κ1) is 14.6. The third-order valence-electron chi connectivity index (χ3n) is 2.32. The highest BCUT2D eigenvalue weighted by molar-refractivity contribution is 6.37. The largest absolute Gasteiger partial charge is 0.496 e. The lowest BCUT2D eigenvalue weighted by Crippen LogP contribution is -2.24. The van der Waals surface area contributed by atoms with Gasteiger partial charge in [-0.25, -0.2) is 4.79 Å². The summed E-state index contributed by atoms with van der Waals surface area (Å²) in [5, 5.41) is 2.36. The van der Waals surface area contributed by atoms with Gasteiger partial charge in [-0.2, -0.15) is 0 Å². The zero-order valence-electron chi connectivity index (χ0n) is 11.1. The van der Waals surface area contributed by atoms with E-state index in [0.29, 0.717) is 17.2 Å². The van der Waals surface area contributed by atoms with E-state index in [9.17, 15) is 9.59 Å². The number of ether oxygens (including phenoxy) is 4. The number of nitrogens with one attached hydrogen (secondary N) is 1. The van der Waals surface area contributed by atoms with Crippen molar-refractivity contribution >= 4 is 17.6 Å². The second-order valence-corrected chi connectivity index (χ2v) is 3.35. The first-order valence-corrected chi connectivity index (χ1v) is 5.26. The van der Waals surface area contributed by atoms with Gasteiger partial charge in [0.2, 0.25) is 0 Å². The summed E-state index contributed by atoms with van der Waals surface area (Å²) in [7, 11) is 5.44. The predicted molar refractivity (Wildman–Crippen MR) is 66.7 cm³/mol. The maximum atomic E-state index is 11.5. The normalized spacial score (nSPS) is 9.47. The van der Waals surface area contributed by atoms with E-state index in [0.717, 1.165) is 7.11 Å². The summed E-state index contributed by atoms with van der Waals surface area (Å²) < 4.78 is 19.6. The maximum Gasteiger partial charge on any atom is 0.396 e. The average molecular weight is 269 g/mol. The van der Waals surface area contributed by atoms with E-state index in [2.05, 4.69) is 10.1 Å². The molecule has 19 heavy (non-hydrogen) atoms. The molecule has 0 bridgehead atoms. The van der Waals surface area contributed by atoms with Gasteiger partial charge in [0.05, 0.1) is 28.4 Å². The van der Waals surface area contributed by atoms with Gasteiger partial charge in [-0.05, 0) is 0 Å². The molecule has 0 unspecified atom stereocenters. The van der Waals surface area contributed by atoms with Gasteiger partial charge in [0, 0.05) is 12.1 Å². The summed E-state index contributed by atoms with van der Waals surface area (Å²) in [5.41, 5.74) is 0.223. The molecule has 0 heterocycles. The SMILES string of the molecule is COC(=O)C(=O)Nc1c(OC)cc(OC)cc1OC. The molecule has 1 rings (SSSR count). The summed E-state index contributed by atoms with van der Waals surface area (Å²) in [6, 6.07) is 3.10. The third kappa shape index (κ3) is 3.27. The zero-order chi connectivity index (χ0) is 14.4. The first-order chi connectivity index (χ1) is 9.07. The standard InChI is InChI=1S/C12H15NO6/c1-16-7-5-8(17-2)10(9(6-7)18-3)13-11(14)12(15)19-4/h5-6H,1-4H3,(H,13,14). The molecule has 1 N–H and O–H groups in total. The quantitative estimate of drug-likeness (QED) is 0.643. The zero-order valence-corrected chi connectivity index (χ0v) is 11.1. The molecule has 1 amide bonds. The van der Waals surface area contributed by atoms with Gasteiger partial charge in [-0.3, -0.25) is 4.79 Å². The second kappa shape index (κ2) is 6.48. The molecular weight excluding hydrogens is 254 g/mol. The Morgan fingerprint density at radius 3 is 1.84 bits per heavy atom. The molecule has 1 aromatic carbocycles. The summed E-state index contributed by atoms with van der Waals surface area (Å²) >= 11 is 0. The molecule has 0 aliphatic heterocycles. The van der Waals surface area contributed by atoms with Crippen LogP contribution in [0, 0.1) is 0 Å². The van der Waals surface area contributed by atoms with Crippen molar-refractivity contribution in [1.82, 2.24) is 0 Å². The molecule has 1 aromatic rings. The van der Waals surface area contributed by atoms with Crippen molar-refractivity contribution in [1.29, 1.82) is 0 Å². The Hall–Kier alpha value is -2.44. The van der Waals surface area contributed by atoms with Crippen LogP contribution in [0.5, 0.6) is 17.2 Å². The molecule has 104 valence electrons. The lowest BCUT2D eigenvalue weighted by molar-refractivity contribution is -0.150. The van der Waals surface area contributed by atoms with Crippen molar-refractivity contribution < 1.29 is 28.5 Å². The molecule has 0 spiro atoms. The highest BCUT2D eigenvalue weighted by Crippen LogP contribution is 2.38. The van der Waals surface area contributed by atoms with Crippen LogP contribution in [0.1, 0.15) is 0 Å². The van der Waals surface area contributed by atoms with Crippen molar-refractivity contribution in [3.05, 3.63) is 12.1 Å². The number of carbonyl (C=O) groups excluding carboxylic acids is 2. The van der Waals surface area contributed by atoms with Gasteiger partial charge in [0.25, 0.3) is 0 Å². The molecule has 0 atom stereocenters. The monoisotopic (exact) mass is 269 g/mol. The number of carbonyl (C=O) groups is 2. The predicted octanol–water partition coefficient (Wildman–Crippen LogP) is 0.824. The van der Waals surface area contributed by atoms with Crippen molar-refractivity contribution in [3.63, 3.8) is 0 Å². The smallest absolute Gasteiger partial charge is 0.396 e. The third-order valence-corrected chi connectivity index (χ3v) is 2.32. The molecule has 7 heteroatoms. The van der Waals surface area contributed by atoms with Crippen molar-refractivity contribution in [2.75, 3.05) is 33.8 Å². The number of amides is 1. The van der Waals surface area contributed by atoms with Crippen LogP contribution >= 0.6 is 0 Å². The van der Waals surface area contributed by atoms with Crippen molar-refractivity contribution in [2.24, 2.45) is 0 Å². The van der Waals surface area contributed by atoms with Gasteiger partial charge < -0.3 is 24.3 Å². The lowest BCUT2D eigenvalue weighted by Gasteiger charge is -2.15. The van der Waals surface area contributed by atoms with Crippen LogP contribution in [0.25, 0.3) is 0 Å². The van der Waals surface area contributed by atoms with Gasteiger partial charge >= 0.3 is 11.9 Å². The Labute approximate surface area is 110 Å². The number of methoxy groups -OCH3 is 4. The van der Waals surface area contributed by atoms with Crippen LogP contribution in [0.4, 0.5) is 5.69 Å². The van der Waals surface area contributed by atoms with Gasteiger partial charge in [0.1, 0.15) is 22.9 Å². The summed E-state index contributed by atoms with van der Waals surface area (Å²) in [6.07, 6.45) is 0. The van der Waals surface area contributed by atoms with E-state index in [1.807, 2.05) is 0 Å². The van der Waals surface area contributed by atoms with Crippen LogP contribution in [0.15, 0.2) is 12.1 Å². The molecule has 0 aliphatic rings. The first-order valence-electron chi connectivity index (χ1n) is 5.26. The highest BCUT2D eigenvalue weighted by atomic mass is 16.5. The molecule has 0 fully saturated rings. The highest BCUT2D eigenvalue weighted by Gasteiger charge is 2.20. The molecule has 0 saturated carbocycles. The van der Waals surface area contributed by atoms with Crippen molar-refractivity contribution in [2.45, 2.75) is 0 Å². The van der Waals surface area contributed by atoms with Crippen LogP contribution in [-0.4, -0.2) is 40.3 Å². The Kier molecular flexibility index (Phi) is 4.99. The van der Waals surface area contributed by atoms with Crippen LogP contribution in [0.2, 0.25) is 0 Å². The molecule has 0 aromatic heterocycles. The molecule has 0 saturated heterocycles. The Balaban J connectivity index is 3.17. The number of benzene rings is 1. The van der Waals surface area contributed by atoms with Crippen LogP contribution in [0.3, 0.4) is 0 Å². The number of rotatable bonds is 4. The van der Waals surface area contributed by atoms with E-state index in [1.165, 1.54) is 21.3 Å². The molecule has 0 aliphatic carbocycles. The average Bonchev–Trinajstić information content (AvgIpc) is 2.45. The fourth-order valence-corrected chi connectivity index (χ4v) is 1.39. The Bertz CT molecular complexity index is 460. The van der Waals surface area contributed by atoms with Gasteiger partial charge in [-0.15, -0.1) is 0 Å². The van der Waals surface area contributed by atoms with E-state index < -0.39 is 11.9 Å². The van der Waals surface area contributed by atoms with Crippen molar-refractivity contribution in [3.8, 4) is 17.2 Å². The fourth-order valence-electron chi connectivity index (χ4n) is 1.39. The summed E-state index contributed by atoms with van der Waals surface area (Å²) in [6.45, 7) is 0. The van der Waals surface area contributed by atoms with Gasteiger partial charge in [0.15, 0.2) is 0 Å². The fraction of sp³-hybridized carbons (Fsp3) is 0.333. The minimum atomic E-state index is -1.01. The maximum absolute atomic E-state index is 11.5. The minimum Gasteiger partial charge on any atom is -0.496 e. The Morgan fingerprint density at radius 2 is 1.47 bits per heavy atom. The van der Waals surface area contributed by atoms with Gasteiger partial charge in [-0.1, -0.05) is 0 Å². The number of hydrogen-bond acceptors (Lipinski definition) is 6. The van der Waals surface area contributed by atoms with E-state index in [4.69, 9.17) is 14.2 Å². The minimum absolute atomic E-state index is 0.223. The topological polar surface area (TPSA) is 83.1 Å². The lowest BCUT2D eigenvalue weighted by atomic mass is 10.2. The Morgan fingerprint density at radius 1 is 0.947 bits per heavy atom. The number of hydrogen-bond donors (Lipinski definition) is 1. The van der Waals surface area contributed by atoms with Crippen LogP contribution < -0.4 is 19.5 Å². The molecule has 7 nitrogen and oxygen atoms in total. The molecular formula is C12H15NO6. The van der Waals surface area contributed by atoms with Crippen LogP contribution in [-0.2, 0) is 14.3 Å². The van der Waals surface area contributed by atoms with E-state index in [1.54, 1.807) is 12.1 Å². The summed E-state index contributed by atoms with van der Waals surface area (Å²) in [5.74, 6) is -0.851. The van der Waals surface area contributed by atoms with E-state index in [-0.39, 0.29) is 5.69 Å². The number of esters is 1. The second-order valence-electron chi connectivity index (χ2n) is 3.35. The number of anilines is 1. The summed E-state index contributed by atoms with van der Waals surface area (Å²) in [4.78, 5) is 22.6. The van der Waals surface area contributed by atoms with E-state index >= 15 is 0 Å².